The molecule has 7 heteroatoms. The fourth-order valence-electron chi connectivity index (χ4n) is 2.06. The average molecular weight is 284 g/mol. The molecule has 0 atom stereocenters. The van der Waals surface area contributed by atoms with Gasteiger partial charge in [-0.05, 0) is 0 Å². The van der Waals surface area contributed by atoms with Gasteiger partial charge in [0.15, 0.2) is 0 Å². The molecule has 0 fully saturated rings. The van der Waals surface area contributed by atoms with Crippen molar-refractivity contribution in [2.24, 2.45) is 0 Å². The van der Waals surface area contributed by atoms with Gasteiger partial charge < -0.3 is 0 Å². The van der Waals surface area contributed by atoms with Crippen LogP contribution in [0.3, 0.4) is 0 Å². The van der Waals surface area contributed by atoms with Crippen molar-refractivity contribution in [3.05, 3.63) is 51.3 Å². The van der Waals surface area contributed by atoms with E-state index in [9.17, 15) is 26.3 Å². The van der Waals surface area contributed by atoms with Crippen molar-refractivity contribution in [1.29, 1.82) is 0 Å². The van der Waals surface area contributed by atoms with E-state index in [1.165, 1.54) is 0 Å². The average Bonchev–Trinajstić information content (AvgIpc) is 2.72. The zero-order valence-corrected chi connectivity index (χ0v) is 10.4. The number of alkyl halides is 6. The molecule has 0 radical (unpaired) electrons. The summed E-state index contributed by atoms with van der Waals surface area (Å²) < 4.78 is 77.1. The number of halogens is 6. The molecule has 0 N–H and O–H groups in total. The van der Waals surface area contributed by atoms with Crippen molar-refractivity contribution in [2.45, 2.75) is 18.8 Å². The Labute approximate surface area is 120 Å². The SMILES string of the molecule is [Li][C]1=C(c2cc(C(F)(F)F)cc(C(F)(F)F)c2)C=CC1. The van der Waals surface area contributed by atoms with Gasteiger partial charge in [0.1, 0.15) is 0 Å². The second-order valence-electron chi connectivity index (χ2n) is 4.60. The Morgan fingerprint density at radius 2 is 1.35 bits per heavy atom. The molecular weight excluding hydrogens is 277 g/mol. The van der Waals surface area contributed by atoms with Gasteiger partial charge >= 0.3 is 120 Å². The normalized spacial score (nSPS) is 16.2. The minimum atomic E-state index is -4.81. The standard InChI is InChI=1S/C13H7F6.Li/c14-12(15,16)10-5-9(8-3-1-2-4-8)6-11(7-10)13(17,18)19;/h1,3,5-7H,2H2;. The quantitative estimate of drug-likeness (QED) is 0.523. The van der Waals surface area contributed by atoms with Crippen molar-refractivity contribution in [2.75, 3.05) is 0 Å². The van der Waals surface area contributed by atoms with Crippen LogP contribution in [0.2, 0.25) is 0 Å². The summed E-state index contributed by atoms with van der Waals surface area (Å²) in [4.78, 5) is 0. The summed E-state index contributed by atoms with van der Waals surface area (Å²) in [5.74, 6) is 0. The van der Waals surface area contributed by atoms with Crippen LogP contribution in [0.5, 0.6) is 0 Å². The zero-order chi connectivity index (χ0) is 15.1. The van der Waals surface area contributed by atoms with Crippen LogP contribution >= 0.6 is 0 Å². The van der Waals surface area contributed by atoms with E-state index in [0.717, 1.165) is 16.4 Å². The summed E-state index contributed by atoms with van der Waals surface area (Å²) in [5, 5.41) is 0. The topological polar surface area (TPSA) is 0 Å². The Morgan fingerprint density at radius 3 is 1.70 bits per heavy atom. The molecule has 2 rings (SSSR count). The molecule has 1 aromatic rings. The van der Waals surface area contributed by atoms with Crippen molar-refractivity contribution >= 4 is 23.3 Å². The number of benzene rings is 1. The Balaban J connectivity index is 2.64. The molecule has 0 unspecified atom stereocenters. The maximum absolute atomic E-state index is 12.7. The van der Waals surface area contributed by atoms with Crippen LogP contribution in [-0.2, 0) is 12.4 Å². The predicted octanol–water partition coefficient (Wildman–Crippen LogP) is 4.56. The predicted molar refractivity (Wildman–Crippen MR) is 62.9 cm³/mol. The fourth-order valence-corrected chi connectivity index (χ4v) is 2.06. The van der Waals surface area contributed by atoms with Crippen LogP contribution < -0.4 is 0 Å². The van der Waals surface area contributed by atoms with Crippen molar-refractivity contribution in [1.82, 2.24) is 0 Å². The first-order chi connectivity index (χ1) is 9.09. The summed E-state index contributed by atoms with van der Waals surface area (Å²) in [5.41, 5.74) is -2.22. The van der Waals surface area contributed by atoms with E-state index in [2.05, 4.69) is 0 Å². The van der Waals surface area contributed by atoms with Gasteiger partial charge in [0.25, 0.3) is 0 Å². The maximum atomic E-state index is 12.7. The third-order valence-electron chi connectivity index (χ3n) is 3.07. The van der Waals surface area contributed by atoms with Gasteiger partial charge in [0.05, 0.1) is 0 Å². The molecule has 0 amide bonds. The Bertz CT molecular complexity index is 560. The molecule has 0 bridgehead atoms. The molecule has 0 nitrogen and oxygen atoms in total. The molecule has 20 heavy (non-hydrogen) atoms. The van der Waals surface area contributed by atoms with E-state index in [1.807, 2.05) is 0 Å². The van der Waals surface area contributed by atoms with E-state index < -0.39 is 23.5 Å². The molecule has 0 aliphatic heterocycles. The Hall–Kier alpha value is -1.12. The van der Waals surface area contributed by atoms with Crippen LogP contribution in [-0.4, -0.2) is 17.7 Å². The number of hydrogen-bond donors (Lipinski definition) is 0. The van der Waals surface area contributed by atoms with Gasteiger partial charge in [0, 0.05) is 0 Å². The van der Waals surface area contributed by atoms with Crippen LogP contribution in [0.1, 0.15) is 23.1 Å². The minimum absolute atomic E-state index is 0.0570. The first-order valence-electron chi connectivity index (χ1n) is 5.75. The molecule has 1 aromatic carbocycles. The Kier molecular flexibility index (Phi) is 3.83. The van der Waals surface area contributed by atoms with Gasteiger partial charge in [-0.15, -0.1) is 0 Å². The molecule has 0 saturated heterocycles. The summed E-state index contributed by atoms with van der Waals surface area (Å²) in [7, 11) is 0. The molecule has 0 spiro atoms. The van der Waals surface area contributed by atoms with Gasteiger partial charge in [0.2, 0.25) is 0 Å². The first kappa shape index (κ1) is 15.3. The van der Waals surface area contributed by atoms with Crippen molar-refractivity contribution in [3.63, 3.8) is 0 Å². The van der Waals surface area contributed by atoms with Crippen LogP contribution in [0, 0.1) is 0 Å². The van der Waals surface area contributed by atoms with E-state index in [-0.39, 0.29) is 11.6 Å². The molecule has 1 aliphatic rings. The van der Waals surface area contributed by atoms with Gasteiger partial charge in [-0.3, -0.25) is 0 Å². The fraction of sp³-hybridized carbons (Fsp3) is 0.231. The van der Waals surface area contributed by atoms with E-state index in [1.54, 1.807) is 29.9 Å². The first-order valence-corrected chi connectivity index (χ1v) is 5.75. The second-order valence-corrected chi connectivity index (χ2v) is 4.60. The summed E-state index contributed by atoms with van der Waals surface area (Å²) >= 11 is 1.68. The molecular formula is C13H7F6Li. The zero-order valence-electron chi connectivity index (χ0n) is 10.4. The van der Waals surface area contributed by atoms with Crippen molar-refractivity contribution in [3.8, 4) is 0 Å². The van der Waals surface area contributed by atoms with E-state index in [0.29, 0.717) is 12.0 Å². The summed E-state index contributed by atoms with van der Waals surface area (Å²) in [6.45, 7) is 0. The van der Waals surface area contributed by atoms with Crippen molar-refractivity contribution < 1.29 is 26.3 Å². The number of hydrogen-bond acceptors (Lipinski definition) is 0. The van der Waals surface area contributed by atoms with Crippen LogP contribution in [0.4, 0.5) is 26.3 Å². The molecule has 102 valence electrons. The van der Waals surface area contributed by atoms with Crippen LogP contribution in [0.25, 0.3) is 5.57 Å². The summed E-state index contributed by atoms with van der Waals surface area (Å²) in [6, 6.07) is 1.64. The van der Waals surface area contributed by atoms with E-state index >= 15 is 0 Å². The van der Waals surface area contributed by atoms with Gasteiger partial charge in [-0.2, -0.15) is 0 Å². The number of allylic oxidation sites excluding steroid dienone is 4. The second kappa shape index (κ2) is 5.01. The molecule has 0 saturated carbocycles. The number of rotatable bonds is 1. The third-order valence-corrected chi connectivity index (χ3v) is 3.07. The van der Waals surface area contributed by atoms with Gasteiger partial charge in [-0.1, -0.05) is 0 Å². The van der Waals surface area contributed by atoms with Gasteiger partial charge in [-0.25, -0.2) is 0 Å². The van der Waals surface area contributed by atoms with E-state index in [4.69, 9.17) is 0 Å². The monoisotopic (exact) mass is 284 g/mol. The third kappa shape index (κ3) is 3.13. The summed E-state index contributed by atoms with van der Waals surface area (Å²) in [6.07, 6.45) is -5.84. The molecule has 1 aliphatic carbocycles. The molecule has 0 heterocycles. The Morgan fingerprint density at radius 1 is 0.850 bits per heavy atom. The molecule has 0 aromatic heterocycles. The van der Waals surface area contributed by atoms with Crippen LogP contribution in [0.15, 0.2) is 34.6 Å².